The van der Waals surface area contributed by atoms with E-state index in [0.717, 1.165) is 31.5 Å². The summed E-state index contributed by atoms with van der Waals surface area (Å²) in [6.45, 7) is 4.55. The molecule has 0 atom stereocenters. The first-order valence-electron chi connectivity index (χ1n) is 6.93. The molecule has 0 bridgehead atoms. The first-order chi connectivity index (χ1) is 9.49. The van der Waals surface area contributed by atoms with Gasteiger partial charge in [0.15, 0.2) is 0 Å². The maximum Gasteiger partial charge on any atom is 0.233 e. The van der Waals surface area contributed by atoms with Gasteiger partial charge in [-0.05, 0) is 43.0 Å². The molecule has 1 aromatic carbocycles. The quantitative estimate of drug-likeness (QED) is 0.873. The molecule has 1 saturated heterocycles. The smallest absolute Gasteiger partial charge is 0.233 e. The van der Waals surface area contributed by atoms with Crippen LogP contribution in [0, 0.1) is 5.41 Å². The van der Waals surface area contributed by atoms with Crippen LogP contribution in [-0.4, -0.2) is 28.1 Å². The molecular formula is C15H22N2O2S. The molecule has 2 N–H and O–H groups in total. The molecule has 1 fully saturated rings. The van der Waals surface area contributed by atoms with Gasteiger partial charge in [0, 0.05) is 12.0 Å². The van der Waals surface area contributed by atoms with Crippen molar-refractivity contribution < 1.29 is 8.42 Å². The van der Waals surface area contributed by atoms with Crippen LogP contribution in [0.5, 0.6) is 0 Å². The van der Waals surface area contributed by atoms with Gasteiger partial charge in [-0.1, -0.05) is 37.3 Å². The monoisotopic (exact) mass is 294 g/mol. The summed E-state index contributed by atoms with van der Waals surface area (Å²) in [6, 6.07) is 9.42. The molecule has 1 heterocycles. The Hall–Kier alpha value is -1.17. The summed E-state index contributed by atoms with van der Waals surface area (Å²) < 4.78 is 26.6. The van der Waals surface area contributed by atoms with Crippen molar-refractivity contribution in [3.05, 3.63) is 41.3 Å². The van der Waals surface area contributed by atoms with E-state index in [9.17, 15) is 8.42 Å². The molecule has 5 heteroatoms. The fraction of sp³-hybridized carbons (Fsp3) is 0.467. The number of benzene rings is 1. The molecule has 0 aliphatic carbocycles. The summed E-state index contributed by atoms with van der Waals surface area (Å²) in [7, 11) is -3.37. The van der Waals surface area contributed by atoms with Crippen LogP contribution in [0.3, 0.4) is 0 Å². The Morgan fingerprint density at radius 1 is 1.25 bits per heavy atom. The van der Waals surface area contributed by atoms with Gasteiger partial charge in [0.2, 0.25) is 10.0 Å². The molecule has 0 radical (unpaired) electrons. The van der Waals surface area contributed by atoms with Gasteiger partial charge in [-0.15, -0.1) is 0 Å². The van der Waals surface area contributed by atoms with Crippen molar-refractivity contribution in [1.29, 1.82) is 0 Å². The van der Waals surface area contributed by atoms with Crippen LogP contribution in [0.15, 0.2) is 35.7 Å². The van der Waals surface area contributed by atoms with Gasteiger partial charge >= 0.3 is 0 Å². The number of sulfonamides is 1. The molecule has 20 heavy (non-hydrogen) atoms. The third-order valence-electron chi connectivity index (χ3n) is 3.75. The van der Waals surface area contributed by atoms with E-state index in [-0.39, 0.29) is 5.41 Å². The Labute approximate surface area is 121 Å². The highest BCUT2D eigenvalue weighted by molar-refractivity contribution is 7.92. The molecule has 0 amide bonds. The van der Waals surface area contributed by atoms with Crippen LogP contribution in [0.4, 0.5) is 0 Å². The predicted molar refractivity (Wildman–Crippen MR) is 82.6 cm³/mol. The Morgan fingerprint density at radius 3 is 2.55 bits per heavy atom. The summed E-state index contributed by atoms with van der Waals surface area (Å²) in [6.07, 6.45) is 3.61. The van der Waals surface area contributed by atoms with E-state index in [1.54, 1.807) is 6.08 Å². The molecule has 2 rings (SSSR count). The van der Waals surface area contributed by atoms with E-state index in [2.05, 4.69) is 17.0 Å². The van der Waals surface area contributed by atoms with E-state index >= 15 is 0 Å². The maximum atomic E-state index is 12.0. The first kappa shape index (κ1) is 15.2. The number of nitrogens with one attached hydrogen (secondary N) is 2. The Bertz CT molecular complexity index is 546. The lowest BCUT2D eigenvalue weighted by molar-refractivity contribution is 0.232. The average Bonchev–Trinajstić information content (AvgIpc) is 2.46. The summed E-state index contributed by atoms with van der Waals surface area (Å²) in [4.78, 5) is 0. The number of hydrogen-bond donors (Lipinski definition) is 2. The molecule has 0 saturated carbocycles. The van der Waals surface area contributed by atoms with Gasteiger partial charge in [-0.25, -0.2) is 13.1 Å². The fourth-order valence-corrected chi connectivity index (χ4v) is 3.24. The number of rotatable bonds is 5. The topological polar surface area (TPSA) is 58.2 Å². The second-order valence-electron chi connectivity index (χ2n) is 5.64. The summed E-state index contributed by atoms with van der Waals surface area (Å²) >= 11 is 0. The number of piperidine rings is 1. The number of hydrogen-bond acceptors (Lipinski definition) is 3. The Kier molecular flexibility index (Phi) is 4.96. The lowest BCUT2D eigenvalue weighted by Gasteiger charge is -2.33. The molecule has 1 aromatic rings. The highest BCUT2D eigenvalue weighted by Crippen LogP contribution is 2.26. The fourth-order valence-electron chi connectivity index (χ4n) is 2.26. The zero-order chi connectivity index (χ0) is 14.5. The van der Waals surface area contributed by atoms with Crippen molar-refractivity contribution in [2.45, 2.75) is 19.8 Å². The first-order valence-corrected chi connectivity index (χ1v) is 8.47. The molecule has 0 spiro atoms. The van der Waals surface area contributed by atoms with Crippen LogP contribution >= 0.6 is 0 Å². The molecule has 0 aromatic heterocycles. The lowest BCUT2D eigenvalue weighted by Crippen LogP contribution is -2.42. The molecule has 1 aliphatic heterocycles. The average molecular weight is 294 g/mol. The summed E-state index contributed by atoms with van der Waals surface area (Å²) in [5.41, 5.74) is 0.935. The highest BCUT2D eigenvalue weighted by Gasteiger charge is 2.27. The van der Waals surface area contributed by atoms with Crippen LogP contribution in [0.1, 0.15) is 25.3 Å². The Balaban J connectivity index is 1.92. The third-order valence-corrected chi connectivity index (χ3v) is 4.79. The van der Waals surface area contributed by atoms with Crippen LogP contribution in [0.2, 0.25) is 0 Å². The van der Waals surface area contributed by atoms with E-state index < -0.39 is 10.0 Å². The summed E-state index contributed by atoms with van der Waals surface area (Å²) in [5.74, 6) is 0. The molecule has 0 unspecified atom stereocenters. The molecule has 1 aliphatic rings. The lowest BCUT2D eigenvalue weighted by atomic mass is 9.81. The minimum Gasteiger partial charge on any atom is -0.317 e. The van der Waals surface area contributed by atoms with E-state index in [0.29, 0.717) is 6.54 Å². The highest BCUT2D eigenvalue weighted by atomic mass is 32.2. The largest absolute Gasteiger partial charge is 0.317 e. The van der Waals surface area contributed by atoms with Crippen molar-refractivity contribution >= 4 is 16.1 Å². The molecular weight excluding hydrogens is 272 g/mol. The van der Waals surface area contributed by atoms with Crippen molar-refractivity contribution in [3.8, 4) is 0 Å². The van der Waals surface area contributed by atoms with E-state index in [1.165, 1.54) is 5.41 Å². The zero-order valence-corrected chi connectivity index (χ0v) is 12.6. The predicted octanol–water partition coefficient (Wildman–Crippen LogP) is 1.97. The van der Waals surface area contributed by atoms with Crippen molar-refractivity contribution in [2.75, 3.05) is 19.6 Å². The van der Waals surface area contributed by atoms with Crippen LogP contribution < -0.4 is 10.0 Å². The SMILES string of the molecule is CC1(CNS(=O)(=O)/C=C/c2ccccc2)CCNCC1. The van der Waals surface area contributed by atoms with Crippen molar-refractivity contribution in [3.63, 3.8) is 0 Å². The zero-order valence-electron chi connectivity index (χ0n) is 11.8. The van der Waals surface area contributed by atoms with Crippen molar-refractivity contribution in [1.82, 2.24) is 10.0 Å². The van der Waals surface area contributed by atoms with Gasteiger partial charge < -0.3 is 5.32 Å². The van der Waals surface area contributed by atoms with E-state index in [1.807, 2.05) is 30.3 Å². The Morgan fingerprint density at radius 2 is 1.90 bits per heavy atom. The van der Waals surface area contributed by atoms with Gasteiger partial charge in [0.1, 0.15) is 0 Å². The second-order valence-corrected chi connectivity index (χ2v) is 7.29. The minimum absolute atomic E-state index is 0.0545. The second kappa shape index (κ2) is 6.52. The standard InChI is InChI=1S/C15H22N2O2S/c1-15(8-10-16-11-9-15)13-17-20(18,19)12-7-14-5-3-2-4-6-14/h2-7,12,16-17H,8-11,13H2,1H3/b12-7+. The van der Waals surface area contributed by atoms with Gasteiger partial charge in [0.25, 0.3) is 0 Å². The van der Waals surface area contributed by atoms with Gasteiger partial charge in [0.05, 0.1) is 0 Å². The molecule has 4 nitrogen and oxygen atoms in total. The maximum absolute atomic E-state index is 12.0. The third kappa shape index (κ3) is 4.74. The van der Waals surface area contributed by atoms with Gasteiger partial charge in [-0.2, -0.15) is 0 Å². The van der Waals surface area contributed by atoms with E-state index in [4.69, 9.17) is 0 Å². The van der Waals surface area contributed by atoms with Crippen LogP contribution in [0.25, 0.3) is 6.08 Å². The molecule has 110 valence electrons. The van der Waals surface area contributed by atoms with Crippen molar-refractivity contribution in [2.24, 2.45) is 5.41 Å². The summed E-state index contributed by atoms with van der Waals surface area (Å²) in [5, 5.41) is 4.54. The normalized spacial score (nSPS) is 19.2. The van der Waals surface area contributed by atoms with Gasteiger partial charge in [-0.3, -0.25) is 0 Å². The minimum atomic E-state index is -3.37. The van der Waals surface area contributed by atoms with Crippen LogP contribution in [-0.2, 0) is 10.0 Å².